The molecular formula is C12H16N2O. The number of benzene rings is 1. The number of amides is 1. The number of hydrogen-bond acceptors (Lipinski definition) is 2. The summed E-state index contributed by atoms with van der Waals surface area (Å²) >= 11 is 0. The highest BCUT2D eigenvalue weighted by Gasteiger charge is 2.38. The van der Waals surface area contributed by atoms with E-state index in [0.29, 0.717) is 6.42 Å². The van der Waals surface area contributed by atoms with Crippen molar-refractivity contribution in [3.63, 3.8) is 0 Å². The van der Waals surface area contributed by atoms with Crippen molar-refractivity contribution in [2.24, 2.45) is 0 Å². The third-order valence-electron chi connectivity index (χ3n) is 2.79. The van der Waals surface area contributed by atoms with Gasteiger partial charge in [-0.3, -0.25) is 4.79 Å². The second-order valence-corrected chi connectivity index (χ2v) is 4.53. The number of nitrogens with two attached hydrogens (primary N) is 1. The van der Waals surface area contributed by atoms with Gasteiger partial charge in [-0.1, -0.05) is 12.1 Å². The zero-order chi connectivity index (χ0) is 10.9. The van der Waals surface area contributed by atoms with Gasteiger partial charge in [0.05, 0.1) is 6.42 Å². The average Bonchev–Trinajstić information content (AvgIpc) is 2.87. The molecule has 3 heteroatoms. The van der Waals surface area contributed by atoms with Crippen molar-refractivity contribution in [3.8, 4) is 0 Å². The fraction of sp³-hybridized carbons (Fsp3) is 0.417. The number of carbonyl (C=O) groups excluding carboxylic acids is 1. The first-order valence-electron chi connectivity index (χ1n) is 5.23. The van der Waals surface area contributed by atoms with Crippen molar-refractivity contribution in [1.82, 2.24) is 5.32 Å². The fourth-order valence-corrected chi connectivity index (χ4v) is 1.51. The highest BCUT2D eigenvalue weighted by molar-refractivity contribution is 5.79. The molecule has 0 heterocycles. The number of hydrogen-bond donors (Lipinski definition) is 2. The zero-order valence-corrected chi connectivity index (χ0v) is 8.92. The zero-order valence-electron chi connectivity index (χ0n) is 8.92. The fourth-order valence-electron chi connectivity index (χ4n) is 1.51. The Morgan fingerprint density at radius 1 is 1.40 bits per heavy atom. The summed E-state index contributed by atoms with van der Waals surface area (Å²) in [5.74, 6) is 0.0970. The van der Waals surface area contributed by atoms with E-state index in [9.17, 15) is 4.79 Å². The maximum absolute atomic E-state index is 11.6. The van der Waals surface area contributed by atoms with Gasteiger partial charge in [0.2, 0.25) is 5.91 Å². The van der Waals surface area contributed by atoms with Gasteiger partial charge < -0.3 is 11.1 Å². The summed E-state index contributed by atoms with van der Waals surface area (Å²) in [7, 11) is 0. The van der Waals surface area contributed by atoms with Crippen LogP contribution in [0.15, 0.2) is 24.3 Å². The second-order valence-electron chi connectivity index (χ2n) is 4.53. The average molecular weight is 204 g/mol. The molecular weight excluding hydrogens is 188 g/mol. The largest absolute Gasteiger partial charge is 0.399 e. The van der Waals surface area contributed by atoms with Crippen molar-refractivity contribution in [2.75, 3.05) is 5.73 Å². The number of rotatable bonds is 3. The third kappa shape index (κ3) is 2.72. The van der Waals surface area contributed by atoms with Gasteiger partial charge in [0, 0.05) is 11.2 Å². The van der Waals surface area contributed by atoms with Crippen LogP contribution in [0.4, 0.5) is 5.69 Å². The molecule has 1 aliphatic rings. The summed E-state index contributed by atoms with van der Waals surface area (Å²) < 4.78 is 0. The molecule has 15 heavy (non-hydrogen) atoms. The minimum absolute atomic E-state index is 0.0743. The quantitative estimate of drug-likeness (QED) is 0.733. The lowest BCUT2D eigenvalue weighted by atomic mass is 10.1. The van der Waals surface area contributed by atoms with E-state index in [-0.39, 0.29) is 11.4 Å². The Morgan fingerprint density at radius 2 is 2.00 bits per heavy atom. The van der Waals surface area contributed by atoms with E-state index >= 15 is 0 Å². The summed E-state index contributed by atoms with van der Waals surface area (Å²) in [5.41, 5.74) is 7.38. The van der Waals surface area contributed by atoms with Crippen LogP contribution in [0.5, 0.6) is 0 Å². The number of nitrogens with one attached hydrogen (secondary N) is 1. The van der Waals surface area contributed by atoms with Crippen LogP contribution >= 0.6 is 0 Å². The maximum Gasteiger partial charge on any atom is 0.224 e. The number of nitrogen functional groups attached to an aromatic ring is 1. The highest BCUT2D eigenvalue weighted by atomic mass is 16.1. The molecule has 0 atom stereocenters. The molecule has 1 aromatic rings. The number of carbonyl (C=O) groups is 1. The number of anilines is 1. The molecule has 3 N–H and O–H groups in total. The van der Waals surface area contributed by atoms with Crippen molar-refractivity contribution >= 4 is 11.6 Å². The van der Waals surface area contributed by atoms with E-state index in [4.69, 9.17) is 5.73 Å². The molecule has 0 unspecified atom stereocenters. The molecule has 0 aromatic heterocycles. The van der Waals surface area contributed by atoms with Crippen LogP contribution in [0.1, 0.15) is 25.3 Å². The third-order valence-corrected chi connectivity index (χ3v) is 2.79. The van der Waals surface area contributed by atoms with Crippen molar-refractivity contribution in [3.05, 3.63) is 29.8 Å². The maximum atomic E-state index is 11.6. The molecule has 0 aliphatic heterocycles. The molecule has 0 saturated heterocycles. The molecule has 0 bridgehead atoms. The summed E-state index contributed by atoms with van der Waals surface area (Å²) in [4.78, 5) is 11.6. The van der Waals surface area contributed by atoms with E-state index in [0.717, 1.165) is 24.1 Å². The molecule has 3 nitrogen and oxygen atoms in total. The first kappa shape index (κ1) is 10.0. The Labute approximate surface area is 89.7 Å². The van der Waals surface area contributed by atoms with Crippen LogP contribution < -0.4 is 11.1 Å². The van der Waals surface area contributed by atoms with E-state index in [2.05, 4.69) is 12.2 Å². The lowest BCUT2D eigenvalue weighted by Gasteiger charge is -2.11. The Bertz CT molecular complexity index is 366. The first-order valence-corrected chi connectivity index (χ1v) is 5.23. The lowest BCUT2D eigenvalue weighted by molar-refractivity contribution is -0.121. The van der Waals surface area contributed by atoms with E-state index in [1.54, 1.807) is 0 Å². The molecule has 1 amide bonds. The SMILES string of the molecule is CC1(NC(=O)Cc2ccc(N)cc2)CC1. The van der Waals surface area contributed by atoms with E-state index in [1.165, 1.54) is 0 Å². The molecule has 2 rings (SSSR count). The van der Waals surface area contributed by atoms with E-state index < -0.39 is 0 Å². The Hall–Kier alpha value is -1.51. The van der Waals surface area contributed by atoms with Crippen molar-refractivity contribution < 1.29 is 4.79 Å². The van der Waals surface area contributed by atoms with Crippen LogP contribution in [0.2, 0.25) is 0 Å². The predicted molar refractivity (Wildman–Crippen MR) is 60.3 cm³/mol. The molecule has 1 aromatic carbocycles. The molecule has 1 aliphatic carbocycles. The standard InChI is InChI=1S/C12H16N2O/c1-12(6-7-12)14-11(15)8-9-2-4-10(13)5-3-9/h2-5H,6-8,13H2,1H3,(H,14,15). The van der Waals surface area contributed by atoms with Crippen LogP contribution in [-0.2, 0) is 11.2 Å². The highest BCUT2D eigenvalue weighted by Crippen LogP contribution is 2.34. The van der Waals surface area contributed by atoms with Crippen molar-refractivity contribution in [2.45, 2.75) is 31.7 Å². The van der Waals surface area contributed by atoms with Crippen LogP contribution in [0.25, 0.3) is 0 Å². The Balaban J connectivity index is 1.91. The van der Waals surface area contributed by atoms with Gasteiger partial charge in [0.25, 0.3) is 0 Å². The molecule has 80 valence electrons. The lowest BCUT2D eigenvalue weighted by Crippen LogP contribution is -2.35. The van der Waals surface area contributed by atoms with Gasteiger partial charge in [0.1, 0.15) is 0 Å². The predicted octanol–water partition coefficient (Wildman–Crippen LogP) is 1.48. The minimum Gasteiger partial charge on any atom is -0.399 e. The normalized spacial score (nSPS) is 17.1. The van der Waals surface area contributed by atoms with Gasteiger partial charge in [-0.05, 0) is 37.5 Å². The smallest absolute Gasteiger partial charge is 0.224 e. The van der Waals surface area contributed by atoms with Crippen LogP contribution in [0, 0.1) is 0 Å². The summed E-state index contributed by atoms with van der Waals surface area (Å²) in [6, 6.07) is 7.43. The van der Waals surface area contributed by atoms with E-state index in [1.807, 2.05) is 24.3 Å². The van der Waals surface area contributed by atoms with Gasteiger partial charge in [-0.2, -0.15) is 0 Å². The summed E-state index contributed by atoms with van der Waals surface area (Å²) in [6.45, 7) is 2.08. The Morgan fingerprint density at radius 3 is 2.53 bits per heavy atom. The van der Waals surface area contributed by atoms with Crippen LogP contribution in [0.3, 0.4) is 0 Å². The molecule has 1 fully saturated rings. The van der Waals surface area contributed by atoms with Crippen LogP contribution in [-0.4, -0.2) is 11.4 Å². The Kier molecular flexibility index (Phi) is 2.39. The van der Waals surface area contributed by atoms with Gasteiger partial charge in [0.15, 0.2) is 0 Å². The molecule has 0 radical (unpaired) electrons. The van der Waals surface area contributed by atoms with Crippen molar-refractivity contribution in [1.29, 1.82) is 0 Å². The molecule has 1 saturated carbocycles. The van der Waals surface area contributed by atoms with Gasteiger partial charge in [-0.25, -0.2) is 0 Å². The second kappa shape index (κ2) is 3.57. The molecule has 0 spiro atoms. The minimum atomic E-state index is 0.0743. The summed E-state index contributed by atoms with van der Waals surface area (Å²) in [6.07, 6.45) is 2.64. The topological polar surface area (TPSA) is 55.1 Å². The first-order chi connectivity index (χ1) is 7.07. The monoisotopic (exact) mass is 204 g/mol. The van der Waals surface area contributed by atoms with Gasteiger partial charge >= 0.3 is 0 Å². The summed E-state index contributed by atoms with van der Waals surface area (Å²) in [5, 5.41) is 3.02. The van der Waals surface area contributed by atoms with Gasteiger partial charge in [-0.15, -0.1) is 0 Å².